The van der Waals surface area contributed by atoms with Gasteiger partial charge in [0.25, 0.3) is 0 Å². The fourth-order valence-electron chi connectivity index (χ4n) is 5.14. The van der Waals surface area contributed by atoms with Gasteiger partial charge < -0.3 is 0 Å². The number of hydrogen-bond donors (Lipinski definition) is 0. The van der Waals surface area contributed by atoms with Gasteiger partial charge in [-0.25, -0.2) is 9.97 Å². The highest BCUT2D eigenvalue weighted by Gasteiger charge is 2.12. The van der Waals surface area contributed by atoms with Crippen molar-refractivity contribution in [1.82, 2.24) is 9.97 Å². The lowest BCUT2D eigenvalue weighted by molar-refractivity contribution is 0.952. The van der Waals surface area contributed by atoms with Crippen LogP contribution in [0, 0.1) is 0 Å². The molecule has 0 amide bonds. The molecule has 3 nitrogen and oxygen atoms in total. The molecule has 1 unspecified atom stereocenters. The average molecular weight is 572 g/mol. The standard InChI is InChI=1S/C41H37N3/c1-5-32(34-15-9-7-10-16-34)24-33(6-2)41(23-30(3)36-19-13-21-38(25-36)35-17-11-8-12-18-35)44-31(4)37-20-14-22-39(26-37)40-27-42-29-43-28-40/h5-30H,1H2,2-4H3/b32-24+,33-6+,41-23-,44-31+. The van der Waals surface area contributed by atoms with Crippen LogP contribution in [-0.4, -0.2) is 15.7 Å². The Bertz CT molecular complexity index is 1830. The SMILES string of the molecule is C=C\C(=C/C(=C\C)C(=C/C(C)c1cccc(-c2ccccc2)c1)/N=C(\C)c1cccc(-c2cncnc2)c1)c1ccccc1. The lowest BCUT2D eigenvalue weighted by Gasteiger charge is -2.14. The van der Waals surface area contributed by atoms with E-state index in [0.717, 1.165) is 44.8 Å². The molecule has 0 aliphatic carbocycles. The Morgan fingerprint density at radius 3 is 2.02 bits per heavy atom. The highest BCUT2D eigenvalue weighted by atomic mass is 14.8. The van der Waals surface area contributed by atoms with E-state index >= 15 is 0 Å². The predicted octanol–water partition coefficient (Wildman–Crippen LogP) is 10.5. The summed E-state index contributed by atoms with van der Waals surface area (Å²) in [6, 6.07) is 38.0. The summed E-state index contributed by atoms with van der Waals surface area (Å²) in [5, 5.41) is 0. The number of hydrogen-bond acceptors (Lipinski definition) is 3. The lowest BCUT2D eigenvalue weighted by atomic mass is 9.93. The first-order valence-electron chi connectivity index (χ1n) is 14.9. The van der Waals surface area contributed by atoms with Crippen LogP contribution in [0.2, 0.25) is 0 Å². The minimum absolute atomic E-state index is 0.116. The van der Waals surface area contributed by atoms with Crippen LogP contribution >= 0.6 is 0 Å². The molecule has 0 aliphatic heterocycles. The van der Waals surface area contributed by atoms with Crippen molar-refractivity contribution in [3.05, 3.63) is 187 Å². The molecule has 0 fully saturated rings. The third kappa shape index (κ3) is 7.50. The van der Waals surface area contributed by atoms with Gasteiger partial charge in [-0.2, -0.15) is 0 Å². The largest absolute Gasteiger partial charge is 0.253 e. The van der Waals surface area contributed by atoms with Gasteiger partial charge in [-0.05, 0) is 70.5 Å². The summed E-state index contributed by atoms with van der Waals surface area (Å²) in [6.07, 6.45) is 13.7. The highest BCUT2D eigenvalue weighted by molar-refractivity contribution is 6.00. The quantitative estimate of drug-likeness (QED) is 0.124. The Labute approximate surface area is 261 Å². The summed E-state index contributed by atoms with van der Waals surface area (Å²) >= 11 is 0. The molecule has 5 rings (SSSR count). The van der Waals surface area contributed by atoms with Crippen molar-refractivity contribution in [2.75, 3.05) is 0 Å². The minimum atomic E-state index is 0.116. The van der Waals surface area contributed by atoms with Gasteiger partial charge >= 0.3 is 0 Å². The molecule has 0 bridgehead atoms. The van der Waals surface area contributed by atoms with E-state index in [2.05, 4.69) is 140 Å². The molecule has 0 N–H and O–H groups in total. The van der Waals surface area contributed by atoms with Gasteiger partial charge in [0.15, 0.2) is 0 Å². The van der Waals surface area contributed by atoms with Gasteiger partial charge in [-0.1, -0.05) is 135 Å². The van der Waals surface area contributed by atoms with E-state index in [0.29, 0.717) is 0 Å². The van der Waals surface area contributed by atoms with Crippen LogP contribution in [0.3, 0.4) is 0 Å². The number of allylic oxidation sites excluding steroid dienone is 5. The zero-order chi connectivity index (χ0) is 30.7. The summed E-state index contributed by atoms with van der Waals surface area (Å²) < 4.78 is 0. The second kappa shape index (κ2) is 14.7. The molecule has 0 spiro atoms. The Hall–Kier alpha value is -5.41. The zero-order valence-corrected chi connectivity index (χ0v) is 25.6. The molecule has 0 saturated carbocycles. The maximum Gasteiger partial charge on any atom is 0.115 e. The topological polar surface area (TPSA) is 38.1 Å². The van der Waals surface area contributed by atoms with Crippen LogP contribution < -0.4 is 0 Å². The molecule has 44 heavy (non-hydrogen) atoms. The van der Waals surface area contributed by atoms with E-state index in [9.17, 15) is 0 Å². The van der Waals surface area contributed by atoms with Crippen molar-refractivity contribution in [2.24, 2.45) is 4.99 Å². The van der Waals surface area contributed by atoms with E-state index in [1.807, 2.05) is 42.7 Å². The molecule has 0 radical (unpaired) electrons. The molecular formula is C41H37N3. The van der Waals surface area contributed by atoms with E-state index in [4.69, 9.17) is 4.99 Å². The van der Waals surface area contributed by atoms with Crippen LogP contribution in [0.25, 0.3) is 27.8 Å². The monoisotopic (exact) mass is 571 g/mol. The van der Waals surface area contributed by atoms with Crippen molar-refractivity contribution in [3.63, 3.8) is 0 Å². The van der Waals surface area contributed by atoms with Crippen molar-refractivity contribution in [1.29, 1.82) is 0 Å². The van der Waals surface area contributed by atoms with Gasteiger partial charge in [0.2, 0.25) is 0 Å². The van der Waals surface area contributed by atoms with Gasteiger partial charge in [0.1, 0.15) is 6.33 Å². The van der Waals surface area contributed by atoms with Gasteiger partial charge in [-0.3, -0.25) is 4.99 Å². The number of aliphatic imine (C=N–C) groups is 1. The van der Waals surface area contributed by atoms with Crippen molar-refractivity contribution in [2.45, 2.75) is 26.7 Å². The Morgan fingerprint density at radius 2 is 1.34 bits per heavy atom. The molecule has 0 saturated heterocycles. The maximum absolute atomic E-state index is 5.28. The van der Waals surface area contributed by atoms with Crippen LogP contribution in [0.1, 0.15) is 43.4 Å². The van der Waals surface area contributed by atoms with Crippen LogP contribution in [0.15, 0.2) is 175 Å². The Morgan fingerprint density at radius 1 is 0.727 bits per heavy atom. The predicted molar refractivity (Wildman–Crippen MR) is 186 cm³/mol. The molecule has 1 atom stereocenters. The van der Waals surface area contributed by atoms with Crippen molar-refractivity contribution in [3.8, 4) is 22.3 Å². The molecule has 3 heteroatoms. The molecule has 5 aromatic rings. The summed E-state index contributed by atoms with van der Waals surface area (Å²) in [5.41, 5.74) is 11.7. The zero-order valence-electron chi connectivity index (χ0n) is 25.6. The molecule has 0 aliphatic rings. The lowest BCUT2D eigenvalue weighted by Crippen LogP contribution is -2.00. The van der Waals surface area contributed by atoms with E-state index in [1.54, 1.807) is 6.33 Å². The number of rotatable bonds is 10. The third-order valence-electron chi connectivity index (χ3n) is 7.63. The number of benzene rings is 4. The highest BCUT2D eigenvalue weighted by Crippen LogP contribution is 2.29. The van der Waals surface area contributed by atoms with Gasteiger partial charge in [-0.15, -0.1) is 0 Å². The fraction of sp³-hybridized carbons (Fsp3) is 0.0976. The van der Waals surface area contributed by atoms with E-state index in [-0.39, 0.29) is 5.92 Å². The first kappa shape index (κ1) is 30.1. The Balaban J connectivity index is 1.58. The molecular weight excluding hydrogens is 534 g/mol. The van der Waals surface area contributed by atoms with Gasteiger partial charge in [0, 0.05) is 29.6 Å². The molecule has 1 heterocycles. The third-order valence-corrected chi connectivity index (χ3v) is 7.63. The number of aromatic nitrogens is 2. The summed E-state index contributed by atoms with van der Waals surface area (Å²) in [5.74, 6) is 0.116. The second-order valence-electron chi connectivity index (χ2n) is 10.7. The summed E-state index contributed by atoms with van der Waals surface area (Å²) in [7, 11) is 0. The first-order valence-corrected chi connectivity index (χ1v) is 14.9. The normalized spacial score (nSPS) is 13.4. The van der Waals surface area contributed by atoms with Crippen molar-refractivity contribution >= 4 is 11.3 Å². The smallest absolute Gasteiger partial charge is 0.115 e. The summed E-state index contributed by atoms with van der Waals surface area (Å²) in [4.78, 5) is 13.7. The van der Waals surface area contributed by atoms with Crippen LogP contribution in [-0.2, 0) is 0 Å². The van der Waals surface area contributed by atoms with Gasteiger partial charge in [0.05, 0.1) is 5.70 Å². The Kier molecular flexibility index (Phi) is 10.0. The second-order valence-corrected chi connectivity index (χ2v) is 10.7. The minimum Gasteiger partial charge on any atom is -0.253 e. The molecule has 4 aromatic carbocycles. The average Bonchev–Trinajstić information content (AvgIpc) is 3.10. The van der Waals surface area contributed by atoms with Crippen LogP contribution in [0.4, 0.5) is 0 Å². The van der Waals surface area contributed by atoms with Crippen molar-refractivity contribution < 1.29 is 0 Å². The maximum atomic E-state index is 5.28. The van der Waals surface area contributed by atoms with E-state index in [1.165, 1.54) is 16.7 Å². The fourth-order valence-corrected chi connectivity index (χ4v) is 5.14. The van der Waals surface area contributed by atoms with E-state index < -0.39 is 0 Å². The molecule has 216 valence electrons. The summed E-state index contributed by atoms with van der Waals surface area (Å²) in [6.45, 7) is 10.5. The molecule has 1 aromatic heterocycles. The number of nitrogens with zero attached hydrogens (tertiary/aromatic N) is 3. The van der Waals surface area contributed by atoms with Crippen LogP contribution in [0.5, 0.6) is 0 Å². The first-order chi connectivity index (χ1) is 21.6.